The minimum Gasteiger partial charge on any atom is -0.491 e. The summed E-state index contributed by atoms with van der Waals surface area (Å²) < 4.78 is 44.9. The van der Waals surface area contributed by atoms with Gasteiger partial charge in [-0.15, -0.1) is 0 Å². The van der Waals surface area contributed by atoms with Crippen LogP contribution in [0.25, 0.3) is 11.1 Å². The number of hydrogen-bond donors (Lipinski definition) is 3. The molecule has 1 atom stereocenters. The summed E-state index contributed by atoms with van der Waals surface area (Å²) in [6, 6.07) is 15.8. The van der Waals surface area contributed by atoms with Crippen LogP contribution in [0.3, 0.4) is 0 Å². The van der Waals surface area contributed by atoms with Crippen molar-refractivity contribution in [3.05, 3.63) is 82.9 Å². The van der Waals surface area contributed by atoms with Crippen LogP contribution in [0.4, 0.5) is 18.9 Å². The molecule has 0 saturated carbocycles. The highest BCUT2D eigenvalue weighted by Gasteiger charge is 2.30. The number of carbonyl (C=O) groups is 2. The number of carbonyl (C=O) groups excluding carboxylic acids is 1. The van der Waals surface area contributed by atoms with Crippen molar-refractivity contribution in [3.8, 4) is 16.9 Å². The van der Waals surface area contributed by atoms with Crippen LogP contribution in [0.15, 0.2) is 60.7 Å². The van der Waals surface area contributed by atoms with E-state index in [1.807, 2.05) is 26.0 Å². The first-order valence-electron chi connectivity index (χ1n) is 12.6. The summed E-state index contributed by atoms with van der Waals surface area (Å²) in [6.07, 6.45) is -4.51. The zero-order valence-corrected chi connectivity index (χ0v) is 22.4. The number of rotatable bonds is 11. The molecule has 0 aliphatic carbocycles. The molecule has 3 rings (SSSR count). The van der Waals surface area contributed by atoms with E-state index in [1.165, 1.54) is 12.1 Å². The number of carboxylic acid groups (broad SMARTS) is 1. The molecule has 0 fully saturated rings. The smallest absolute Gasteiger partial charge is 0.416 e. The van der Waals surface area contributed by atoms with Gasteiger partial charge in [0.25, 0.3) is 5.91 Å². The highest BCUT2D eigenvalue weighted by molar-refractivity contribution is 5.94. The Hall–Kier alpha value is -4.01. The minimum atomic E-state index is -4.37. The summed E-state index contributed by atoms with van der Waals surface area (Å²) in [7, 11) is 0. The number of carboxylic acids is 1. The molecule has 0 bridgehead atoms. The largest absolute Gasteiger partial charge is 0.491 e. The lowest BCUT2D eigenvalue weighted by Gasteiger charge is -2.24. The quantitative estimate of drug-likeness (QED) is 0.251. The topological polar surface area (TPSA) is 87.7 Å². The number of halogens is 3. The molecule has 3 aromatic rings. The van der Waals surface area contributed by atoms with Gasteiger partial charge in [0, 0.05) is 17.8 Å². The average Bonchev–Trinajstić information content (AvgIpc) is 2.86. The second-order valence-electron chi connectivity index (χ2n) is 9.79. The molecule has 0 spiro atoms. The van der Waals surface area contributed by atoms with E-state index in [-0.39, 0.29) is 30.8 Å². The SMILES string of the molecule is Cc1cc(OC[C@@H](Nc2ccc(C(=O)NCCC(=O)O)cc2)C(C)C)cc(C)c1-c1ccc(C(F)(F)F)cc1. The van der Waals surface area contributed by atoms with E-state index >= 15 is 0 Å². The number of anilines is 1. The molecule has 39 heavy (non-hydrogen) atoms. The second-order valence-corrected chi connectivity index (χ2v) is 9.79. The summed E-state index contributed by atoms with van der Waals surface area (Å²) >= 11 is 0. The predicted molar refractivity (Wildman–Crippen MR) is 145 cm³/mol. The molecule has 1 amide bonds. The summed E-state index contributed by atoms with van der Waals surface area (Å²) in [4.78, 5) is 22.8. The lowest BCUT2D eigenvalue weighted by Crippen LogP contribution is -2.32. The Kier molecular flexibility index (Phi) is 9.61. The van der Waals surface area contributed by atoms with E-state index in [9.17, 15) is 22.8 Å². The van der Waals surface area contributed by atoms with Crippen molar-refractivity contribution < 1.29 is 32.6 Å². The number of aliphatic carboxylic acids is 1. The number of alkyl halides is 3. The predicted octanol–water partition coefficient (Wildman–Crippen LogP) is 6.71. The molecule has 6 nitrogen and oxygen atoms in total. The molecule has 0 aliphatic rings. The first kappa shape index (κ1) is 29.5. The van der Waals surface area contributed by atoms with E-state index in [0.29, 0.717) is 23.5 Å². The Morgan fingerprint density at radius 3 is 2.05 bits per heavy atom. The zero-order chi connectivity index (χ0) is 28.7. The fourth-order valence-corrected chi connectivity index (χ4v) is 4.19. The van der Waals surface area contributed by atoms with Crippen molar-refractivity contribution in [1.29, 1.82) is 0 Å². The fourth-order valence-electron chi connectivity index (χ4n) is 4.19. The molecular weight excluding hydrogens is 509 g/mol. The maximum atomic E-state index is 12.9. The van der Waals surface area contributed by atoms with E-state index in [2.05, 4.69) is 24.5 Å². The van der Waals surface area contributed by atoms with Crippen LogP contribution in [-0.4, -0.2) is 36.2 Å². The highest BCUT2D eigenvalue weighted by Crippen LogP contribution is 2.34. The molecule has 208 valence electrons. The van der Waals surface area contributed by atoms with Crippen molar-refractivity contribution in [2.45, 2.75) is 46.3 Å². The summed E-state index contributed by atoms with van der Waals surface area (Å²) in [5, 5.41) is 14.7. The van der Waals surface area contributed by atoms with Crippen molar-refractivity contribution >= 4 is 17.6 Å². The first-order chi connectivity index (χ1) is 18.3. The van der Waals surface area contributed by atoms with E-state index < -0.39 is 17.7 Å². The Morgan fingerprint density at radius 2 is 1.54 bits per heavy atom. The molecule has 0 saturated heterocycles. The van der Waals surface area contributed by atoms with E-state index in [4.69, 9.17) is 9.84 Å². The van der Waals surface area contributed by atoms with Gasteiger partial charge in [0.15, 0.2) is 0 Å². The van der Waals surface area contributed by atoms with Gasteiger partial charge >= 0.3 is 12.1 Å². The van der Waals surface area contributed by atoms with E-state index in [0.717, 1.165) is 34.5 Å². The molecule has 0 aliphatic heterocycles. The van der Waals surface area contributed by atoms with Gasteiger partial charge in [-0.05, 0) is 90.6 Å². The van der Waals surface area contributed by atoms with Crippen molar-refractivity contribution in [2.75, 3.05) is 18.5 Å². The Labute approximate surface area is 226 Å². The van der Waals surface area contributed by atoms with Gasteiger partial charge in [-0.2, -0.15) is 13.2 Å². The van der Waals surface area contributed by atoms with Crippen LogP contribution in [0.5, 0.6) is 5.75 Å². The molecule has 0 radical (unpaired) electrons. The Bertz CT molecular complexity index is 1260. The molecular formula is C30H33F3N2O4. The van der Waals surface area contributed by atoms with Crippen LogP contribution in [0, 0.1) is 19.8 Å². The Morgan fingerprint density at radius 1 is 0.949 bits per heavy atom. The number of benzene rings is 3. The number of nitrogens with one attached hydrogen (secondary N) is 2. The molecule has 0 heterocycles. The van der Waals surface area contributed by atoms with Crippen molar-refractivity contribution in [3.63, 3.8) is 0 Å². The normalized spacial score (nSPS) is 12.2. The van der Waals surface area contributed by atoms with Gasteiger partial charge in [-0.25, -0.2) is 0 Å². The maximum absolute atomic E-state index is 12.9. The standard InChI is InChI=1S/C30H33F3N2O4/c1-18(2)26(35-24-11-7-22(8-12-24)29(38)34-14-13-27(36)37)17-39-25-15-19(3)28(20(4)16-25)21-5-9-23(10-6-21)30(31,32)33/h5-12,15-16,18,26,35H,13-14,17H2,1-4H3,(H,34,38)(H,36,37)/t26-/m1/s1. The van der Waals surface area contributed by atoms with Crippen LogP contribution in [0.2, 0.25) is 0 Å². The third kappa shape index (κ3) is 8.24. The molecule has 0 unspecified atom stereocenters. The summed E-state index contributed by atoms with van der Waals surface area (Å²) in [5.41, 5.74) is 3.95. The maximum Gasteiger partial charge on any atom is 0.416 e. The van der Waals surface area contributed by atoms with Gasteiger partial charge in [0.1, 0.15) is 12.4 Å². The fraction of sp³-hybridized carbons (Fsp3) is 0.333. The highest BCUT2D eigenvalue weighted by atomic mass is 19.4. The number of amides is 1. The van der Waals surface area contributed by atoms with E-state index in [1.54, 1.807) is 24.3 Å². The lowest BCUT2D eigenvalue weighted by atomic mass is 9.94. The van der Waals surface area contributed by atoms with Gasteiger partial charge in [-0.3, -0.25) is 9.59 Å². The number of ether oxygens (including phenoxy) is 1. The van der Waals surface area contributed by atoms with Crippen molar-refractivity contribution in [1.82, 2.24) is 5.32 Å². The summed E-state index contributed by atoms with van der Waals surface area (Å²) in [5.74, 6) is -0.423. The minimum absolute atomic E-state index is 0.0459. The van der Waals surface area contributed by atoms with Crippen LogP contribution >= 0.6 is 0 Å². The van der Waals surface area contributed by atoms with Crippen molar-refractivity contribution in [2.24, 2.45) is 5.92 Å². The molecule has 3 aromatic carbocycles. The zero-order valence-electron chi connectivity index (χ0n) is 22.4. The third-order valence-electron chi connectivity index (χ3n) is 6.36. The van der Waals surface area contributed by atoms with Gasteiger partial charge in [-0.1, -0.05) is 26.0 Å². The molecule has 0 aromatic heterocycles. The van der Waals surface area contributed by atoms with Gasteiger partial charge in [0.05, 0.1) is 18.0 Å². The number of hydrogen-bond acceptors (Lipinski definition) is 4. The van der Waals surface area contributed by atoms with Crippen LogP contribution in [0.1, 0.15) is 47.3 Å². The first-order valence-corrected chi connectivity index (χ1v) is 12.6. The molecule has 9 heteroatoms. The summed E-state index contributed by atoms with van der Waals surface area (Å²) in [6.45, 7) is 8.37. The van der Waals surface area contributed by atoms with Crippen LogP contribution < -0.4 is 15.4 Å². The lowest BCUT2D eigenvalue weighted by molar-refractivity contribution is -0.138. The Balaban J connectivity index is 1.64. The monoisotopic (exact) mass is 542 g/mol. The second kappa shape index (κ2) is 12.7. The third-order valence-corrected chi connectivity index (χ3v) is 6.36. The van der Waals surface area contributed by atoms with Gasteiger partial charge in [0.2, 0.25) is 0 Å². The number of aryl methyl sites for hydroxylation is 2. The average molecular weight is 543 g/mol. The van der Waals surface area contributed by atoms with Gasteiger partial charge < -0.3 is 20.5 Å². The van der Waals surface area contributed by atoms with Crippen LogP contribution in [-0.2, 0) is 11.0 Å². The molecule has 3 N–H and O–H groups in total.